The van der Waals surface area contributed by atoms with Crippen molar-refractivity contribution in [1.29, 1.82) is 0 Å². The lowest BCUT2D eigenvalue weighted by Crippen LogP contribution is -2.40. The summed E-state index contributed by atoms with van der Waals surface area (Å²) in [5, 5.41) is 9.33. The molecule has 1 aliphatic heterocycles. The number of benzene rings is 1. The molecule has 2 rings (SSSR count). The molecular formula is C11H14F2N2O3S. The van der Waals surface area contributed by atoms with Gasteiger partial charge in [0.15, 0.2) is 11.6 Å². The summed E-state index contributed by atoms with van der Waals surface area (Å²) in [6.45, 7) is 0.138. The Morgan fingerprint density at radius 3 is 2.42 bits per heavy atom. The molecule has 1 fully saturated rings. The first-order chi connectivity index (χ1) is 8.82. The van der Waals surface area contributed by atoms with Crippen LogP contribution in [0.1, 0.15) is 12.8 Å². The Hall–Kier alpha value is -1.25. The van der Waals surface area contributed by atoms with Crippen LogP contribution in [0.2, 0.25) is 0 Å². The molecule has 19 heavy (non-hydrogen) atoms. The molecule has 106 valence electrons. The van der Waals surface area contributed by atoms with E-state index in [1.165, 1.54) is 0 Å². The molecule has 0 atom stereocenters. The highest BCUT2D eigenvalue weighted by Crippen LogP contribution is 2.26. The van der Waals surface area contributed by atoms with Gasteiger partial charge in [0, 0.05) is 18.8 Å². The lowest BCUT2D eigenvalue weighted by atomic mass is 10.1. The van der Waals surface area contributed by atoms with Crippen molar-refractivity contribution in [2.24, 2.45) is 0 Å². The third-order valence-corrected chi connectivity index (χ3v) is 4.96. The third kappa shape index (κ3) is 2.70. The lowest BCUT2D eigenvalue weighted by Gasteiger charge is -2.28. The maximum Gasteiger partial charge on any atom is 0.246 e. The number of aliphatic hydroxyl groups is 1. The average Bonchev–Trinajstić information content (AvgIpc) is 2.34. The Bertz CT molecular complexity index is 584. The van der Waals surface area contributed by atoms with E-state index in [-0.39, 0.29) is 31.6 Å². The van der Waals surface area contributed by atoms with Crippen LogP contribution >= 0.6 is 0 Å². The maximum absolute atomic E-state index is 13.6. The number of rotatable bonds is 2. The van der Waals surface area contributed by atoms with E-state index < -0.39 is 32.7 Å². The molecule has 1 saturated heterocycles. The molecule has 0 radical (unpaired) electrons. The Balaban J connectivity index is 2.40. The fourth-order valence-electron chi connectivity index (χ4n) is 1.99. The smallest absolute Gasteiger partial charge is 0.246 e. The lowest BCUT2D eigenvalue weighted by molar-refractivity contribution is 0.113. The molecule has 0 aromatic heterocycles. The number of halogens is 2. The topological polar surface area (TPSA) is 83.6 Å². The molecule has 1 aromatic rings. The van der Waals surface area contributed by atoms with E-state index in [1.54, 1.807) is 0 Å². The molecule has 0 amide bonds. The van der Waals surface area contributed by atoms with Gasteiger partial charge in [0.05, 0.1) is 6.10 Å². The molecule has 0 unspecified atom stereocenters. The average molecular weight is 292 g/mol. The number of nitrogen functional groups attached to an aromatic ring is 1. The van der Waals surface area contributed by atoms with Crippen molar-refractivity contribution in [3.8, 4) is 0 Å². The summed E-state index contributed by atoms with van der Waals surface area (Å²) in [4.78, 5) is -0.763. The van der Waals surface area contributed by atoms with Crippen LogP contribution in [-0.4, -0.2) is 37.0 Å². The van der Waals surface area contributed by atoms with Crippen LogP contribution in [0.4, 0.5) is 14.5 Å². The van der Waals surface area contributed by atoms with Gasteiger partial charge in [-0.3, -0.25) is 0 Å². The van der Waals surface area contributed by atoms with Gasteiger partial charge in [-0.05, 0) is 25.0 Å². The summed E-state index contributed by atoms with van der Waals surface area (Å²) >= 11 is 0. The number of nitrogens with two attached hydrogens (primary N) is 1. The fourth-order valence-corrected chi connectivity index (χ4v) is 3.57. The molecule has 1 heterocycles. The van der Waals surface area contributed by atoms with Crippen molar-refractivity contribution in [3.05, 3.63) is 23.8 Å². The number of sulfonamides is 1. The van der Waals surface area contributed by atoms with Gasteiger partial charge in [-0.25, -0.2) is 17.2 Å². The number of nitrogens with zero attached hydrogens (tertiary/aromatic N) is 1. The summed E-state index contributed by atoms with van der Waals surface area (Å²) < 4.78 is 52.3. The Morgan fingerprint density at radius 2 is 1.84 bits per heavy atom. The number of hydrogen-bond acceptors (Lipinski definition) is 4. The second kappa shape index (κ2) is 5.03. The van der Waals surface area contributed by atoms with E-state index in [1.807, 2.05) is 0 Å². The summed E-state index contributed by atoms with van der Waals surface area (Å²) in [5.41, 5.74) is 5.19. The second-order valence-electron chi connectivity index (χ2n) is 4.45. The van der Waals surface area contributed by atoms with Gasteiger partial charge in [0.1, 0.15) is 4.90 Å². The van der Waals surface area contributed by atoms with Crippen LogP contribution in [0.3, 0.4) is 0 Å². The van der Waals surface area contributed by atoms with Crippen LogP contribution < -0.4 is 5.73 Å². The van der Waals surface area contributed by atoms with Crippen LogP contribution in [0.5, 0.6) is 0 Å². The minimum absolute atomic E-state index is 0.0688. The Morgan fingerprint density at radius 1 is 1.26 bits per heavy atom. The molecule has 8 heteroatoms. The van der Waals surface area contributed by atoms with Crippen LogP contribution in [0, 0.1) is 11.6 Å². The monoisotopic (exact) mass is 292 g/mol. The van der Waals surface area contributed by atoms with Gasteiger partial charge in [-0.2, -0.15) is 4.31 Å². The highest BCUT2D eigenvalue weighted by molar-refractivity contribution is 7.89. The predicted molar refractivity (Wildman–Crippen MR) is 64.8 cm³/mol. The first-order valence-corrected chi connectivity index (χ1v) is 7.19. The van der Waals surface area contributed by atoms with E-state index in [9.17, 15) is 22.3 Å². The summed E-state index contributed by atoms with van der Waals surface area (Å²) in [5.74, 6) is -2.73. The van der Waals surface area contributed by atoms with E-state index in [0.717, 1.165) is 16.4 Å². The van der Waals surface area contributed by atoms with Gasteiger partial charge in [0.2, 0.25) is 10.0 Å². The molecular weight excluding hydrogens is 278 g/mol. The minimum atomic E-state index is -4.13. The van der Waals surface area contributed by atoms with Gasteiger partial charge in [-0.15, -0.1) is 0 Å². The second-order valence-corrected chi connectivity index (χ2v) is 6.36. The van der Waals surface area contributed by atoms with Crippen molar-refractivity contribution < 1.29 is 22.3 Å². The first kappa shape index (κ1) is 14.2. The Kier molecular flexibility index (Phi) is 3.75. The Labute approximate surface area is 109 Å². The molecule has 1 aromatic carbocycles. The number of aliphatic hydroxyl groups excluding tert-OH is 1. The zero-order valence-electron chi connectivity index (χ0n) is 10.0. The van der Waals surface area contributed by atoms with E-state index in [4.69, 9.17) is 5.73 Å². The largest absolute Gasteiger partial charge is 0.399 e. The van der Waals surface area contributed by atoms with E-state index in [2.05, 4.69) is 0 Å². The first-order valence-electron chi connectivity index (χ1n) is 5.75. The van der Waals surface area contributed by atoms with Gasteiger partial charge < -0.3 is 10.8 Å². The third-order valence-electron chi connectivity index (χ3n) is 3.06. The fraction of sp³-hybridized carbons (Fsp3) is 0.455. The standard InChI is InChI=1S/C11H14F2N2O3S/c12-9-5-7(14)6-10(11(9)13)19(17,18)15-3-1-8(16)2-4-15/h5-6,8,16H,1-4,14H2. The number of hydrogen-bond donors (Lipinski definition) is 2. The minimum Gasteiger partial charge on any atom is -0.399 e. The van der Waals surface area contributed by atoms with Crippen molar-refractivity contribution in [1.82, 2.24) is 4.31 Å². The summed E-state index contributed by atoms with van der Waals surface area (Å²) in [6, 6.07) is 1.63. The predicted octanol–water partition coefficient (Wildman–Crippen LogP) is 0.692. The molecule has 1 aliphatic rings. The SMILES string of the molecule is Nc1cc(F)c(F)c(S(=O)(=O)N2CCC(O)CC2)c1. The molecule has 0 saturated carbocycles. The molecule has 3 N–H and O–H groups in total. The molecule has 0 spiro atoms. The zero-order valence-corrected chi connectivity index (χ0v) is 10.8. The normalized spacial score (nSPS) is 18.7. The van der Waals surface area contributed by atoms with Gasteiger partial charge in [-0.1, -0.05) is 0 Å². The number of anilines is 1. The van der Waals surface area contributed by atoms with Crippen molar-refractivity contribution in [2.45, 2.75) is 23.8 Å². The molecule has 0 aliphatic carbocycles. The van der Waals surface area contributed by atoms with Crippen LogP contribution in [0.15, 0.2) is 17.0 Å². The van der Waals surface area contributed by atoms with Crippen LogP contribution in [-0.2, 0) is 10.0 Å². The summed E-state index contributed by atoms with van der Waals surface area (Å²) in [6.07, 6.45) is -0.0222. The van der Waals surface area contributed by atoms with Gasteiger partial charge >= 0.3 is 0 Å². The molecule has 5 nitrogen and oxygen atoms in total. The highest BCUT2D eigenvalue weighted by Gasteiger charge is 2.32. The van der Waals surface area contributed by atoms with Crippen molar-refractivity contribution in [3.63, 3.8) is 0 Å². The van der Waals surface area contributed by atoms with Crippen molar-refractivity contribution in [2.75, 3.05) is 18.8 Å². The van der Waals surface area contributed by atoms with E-state index >= 15 is 0 Å². The quantitative estimate of drug-likeness (QED) is 0.786. The number of piperidine rings is 1. The maximum atomic E-state index is 13.6. The van der Waals surface area contributed by atoms with Crippen LogP contribution in [0.25, 0.3) is 0 Å². The van der Waals surface area contributed by atoms with Crippen molar-refractivity contribution >= 4 is 15.7 Å². The highest BCUT2D eigenvalue weighted by atomic mass is 32.2. The van der Waals surface area contributed by atoms with Gasteiger partial charge in [0.25, 0.3) is 0 Å². The molecule has 0 bridgehead atoms. The summed E-state index contributed by atoms with van der Waals surface area (Å²) in [7, 11) is -4.13. The van der Waals surface area contributed by atoms with E-state index in [0.29, 0.717) is 0 Å². The zero-order chi connectivity index (χ0) is 14.2.